The first-order valence-corrected chi connectivity index (χ1v) is 13.3. The Labute approximate surface area is 229 Å². The van der Waals surface area contributed by atoms with Crippen molar-refractivity contribution in [2.24, 2.45) is 0 Å². The number of ether oxygens (including phenoxy) is 5. The van der Waals surface area contributed by atoms with Gasteiger partial charge in [0.15, 0.2) is 6.10 Å². The number of carbonyl (C=O) groups is 1. The van der Waals surface area contributed by atoms with Crippen LogP contribution in [0.25, 0.3) is 0 Å². The Morgan fingerprint density at radius 2 is 1.51 bits per heavy atom. The van der Waals surface area contributed by atoms with Gasteiger partial charge in [0.05, 0.1) is 19.3 Å². The molecule has 0 aromatic heterocycles. The molecule has 7 nitrogen and oxygen atoms in total. The van der Waals surface area contributed by atoms with Gasteiger partial charge in [0.25, 0.3) is 0 Å². The highest BCUT2D eigenvalue weighted by Gasteiger charge is 2.58. The average molecular weight is 530 g/mol. The van der Waals surface area contributed by atoms with E-state index in [0.29, 0.717) is 13.2 Å². The number of amides is 1. The predicted octanol–water partition coefficient (Wildman–Crippen LogP) is 5.84. The Balaban J connectivity index is 1.52. The van der Waals surface area contributed by atoms with Gasteiger partial charge >= 0.3 is 6.09 Å². The van der Waals surface area contributed by atoms with Crippen LogP contribution in [0.15, 0.2) is 103 Å². The largest absolute Gasteiger partial charge is 0.439 e. The number of hydrogen-bond donors (Lipinski definition) is 0. The summed E-state index contributed by atoms with van der Waals surface area (Å²) in [6.07, 6.45) is 2.52. The summed E-state index contributed by atoms with van der Waals surface area (Å²) in [4.78, 5) is 15.5. The van der Waals surface area contributed by atoms with E-state index in [1.54, 1.807) is 12.0 Å². The number of methoxy groups -OCH3 is 1. The number of nitrogens with zero attached hydrogens (tertiary/aromatic N) is 1. The third-order valence-electron chi connectivity index (χ3n) is 7.26. The van der Waals surface area contributed by atoms with Gasteiger partial charge < -0.3 is 23.7 Å². The molecule has 0 unspecified atom stereocenters. The van der Waals surface area contributed by atoms with E-state index >= 15 is 0 Å². The van der Waals surface area contributed by atoms with Crippen LogP contribution in [-0.2, 0) is 30.3 Å². The van der Waals surface area contributed by atoms with Crippen LogP contribution in [0.3, 0.4) is 0 Å². The lowest BCUT2D eigenvalue weighted by Crippen LogP contribution is -2.60. The standard InChI is InChI=1S/C32H35NO6/c1-3-38-32(22-36-21-24-13-7-4-8-14-24)27(19-20-28(32)37-23-35-2)33-29(25-15-9-5-10-16-25)30(39-31(33)34)26-17-11-6-12-18-26/h4-20,27-30H,3,21-23H2,1-2H3/t27-,28+,29-,30+,32+/m1/s1. The van der Waals surface area contributed by atoms with Crippen molar-refractivity contribution in [2.75, 3.05) is 27.1 Å². The molecule has 0 radical (unpaired) electrons. The normalized spacial score (nSPS) is 26.2. The van der Waals surface area contributed by atoms with Crippen LogP contribution in [0.4, 0.5) is 4.79 Å². The maximum Gasteiger partial charge on any atom is 0.411 e. The van der Waals surface area contributed by atoms with E-state index in [4.69, 9.17) is 23.7 Å². The molecule has 2 aliphatic rings. The van der Waals surface area contributed by atoms with E-state index in [2.05, 4.69) is 0 Å². The first-order valence-electron chi connectivity index (χ1n) is 13.3. The van der Waals surface area contributed by atoms with Crippen LogP contribution in [0, 0.1) is 0 Å². The molecule has 0 N–H and O–H groups in total. The third-order valence-corrected chi connectivity index (χ3v) is 7.26. The molecule has 39 heavy (non-hydrogen) atoms. The molecule has 5 rings (SSSR count). The summed E-state index contributed by atoms with van der Waals surface area (Å²) in [5, 5.41) is 0. The molecule has 1 heterocycles. The molecule has 3 aromatic rings. The molecule has 0 spiro atoms. The minimum atomic E-state index is -1.01. The molecule has 3 aromatic carbocycles. The summed E-state index contributed by atoms with van der Waals surface area (Å²) in [5.41, 5.74) is 1.94. The highest BCUT2D eigenvalue weighted by Crippen LogP contribution is 2.48. The monoisotopic (exact) mass is 529 g/mol. The summed E-state index contributed by atoms with van der Waals surface area (Å²) >= 11 is 0. The fraction of sp³-hybridized carbons (Fsp3) is 0.344. The molecule has 0 bridgehead atoms. The molecule has 1 fully saturated rings. The van der Waals surface area contributed by atoms with E-state index < -0.39 is 29.9 Å². The second-order valence-corrected chi connectivity index (χ2v) is 9.67. The Kier molecular flexibility index (Phi) is 8.74. The topological polar surface area (TPSA) is 66.5 Å². The van der Waals surface area contributed by atoms with E-state index in [9.17, 15) is 4.79 Å². The second-order valence-electron chi connectivity index (χ2n) is 9.67. The minimum Gasteiger partial charge on any atom is -0.439 e. The molecular weight excluding hydrogens is 494 g/mol. The minimum absolute atomic E-state index is 0.0778. The van der Waals surface area contributed by atoms with Crippen molar-refractivity contribution in [3.05, 3.63) is 120 Å². The zero-order valence-corrected chi connectivity index (χ0v) is 22.3. The van der Waals surface area contributed by atoms with Gasteiger partial charge in [0.2, 0.25) is 0 Å². The second kappa shape index (κ2) is 12.6. The molecular formula is C32H35NO6. The number of cyclic esters (lactones) is 1. The quantitative estimate of drug-likeness (QED) is 0.217. The van der Waals surface area contributed by atoms with Gasteiger partial charge in [0.1, 0.15) is 24.5 Å². The number of benzene rings is 3. The molecule has 1 aliphatic heterocycles. The Morgan fingerprint density at radius 1 is 0.872 bits per heavy atom. The lowest BCUT2D eigenvalue weighted by Gasteiger charge is -2.43. The van der Waals surface area contributed by atoms with Gasteiger partial charge in [-0.05, 0) is 23.6 Å². The van der Waals surface area contributed by atoms with E-state index in [0.717, 1.165) is 16.7 Å². The van der Waals surface area contributed by atoms with Crippen LogP contribution in [-0.4, -0.2) is 55.9 Å². The number of hydrogen-bond acceptors (Lipinski definition) is 6. The molecule has 1 amide bonds. The molecule has 7 heteroatoms. The van der Waals surface area contributed by atoms with Crippen molar-refractivity contribution in [3.8, 4) is 0 Å². The summed E-state index contributed by atoms with van der Waals surface area (Å²) in [7, 11) is 1.58. The summed E-state index contributed by atoms with van der Waals surface area (Å²) in [6.45, 7) is 3.02. The Hall–Kier alpha value is -3.49. The van der Waals surface area contributed by atoms with Crippen molar-refractivity contribution < 1.29 is 28.5 Å². The van der Waals surface area contributed by atoms with Gasteiger partial charge in [-0.3, -0.25) is 4.90 Å². The lowest BCUT2D eigenvalue weighted by atomic mass is 9.89. The molecule has 5 atom stereocenters. The van der Waals surface area contributed by atoms with Gasteiger partial charge in [-0.2, -0.15) is 0 Å². The van der Waals surface area contributed by atoms with Crippen molar-refractivity contribution >= 4 is 6.09 Å². The van der Waals surface area contributed by atoms with Crippen molar-refractivity contribution in [2.45, 2.75) is 43.4 Å². The molecule has 1 saturated heterocycles. The molecule has 0 saturated carbocycles. The number of carbonyl (C=O) groups excluding carboxylic acids is 1. The highest BCUT2D eigenvalue weighted by atomic mass is 16.7. The summed E-state index contributed by atoms with van der Waals surface area (Å²) < 4.78 is 30.2. The van der Waals surface area contributed by atoms with Crippen LogP contribution >= 0.6 is 0 Å². The van der Waals surface area contributed by atoms with Crippen LogP contribution in [0.1, 0.15) is 35.8 Å². The maximum atomic E-state index is 13.7. The first-order chi connectivity index (χ1) is 19.2. The van der Waals surface area contributed by atoms with Gasteiger partial charge in [-0.25, -0.2) is 4.79 Å². The van der Waals surface area contributed by atoms with E-state index in [-0.39, 0.29) is 19.4 Å². The van der Waals surface area contributed by atoms with Crippen molar-refractivity contribution in [1.29, 1.82) is 0 Å². The predicted molar refractivity (Wildman–Crippen MR) is 147 cm³/mol. The molecule has 1 aliphatic carbocycles. The zero-order chi connectivity index (χ0) is 27.1. The van der Waals surface area contributed by atoms with E-state index in [1.807, 2.05) is 110 Å². The lowest BCUT2D eigenvalue weighted by molar-refractivity contribution is -0.195. The number of rotatable bonds is 12. The van der Waals surface area contributed by atoms with Crippen molar-refractivity contribution in [3.63, 3.8) is 0 Å². The van der Waals surface area contributed by atoms with Crippen LogP contribution < -0.4 is 0 Å². The average Bonchev–Trinajstić information content (AvgIpc) is 3.50. The first kappa shape index (κ1) is 27.1. The van der Waals surface area contributed by atoms with Crippen molar-refractivity contribution in [1.82, 2.24) is 4.90 Å². The smallest absolute Gasteiger partial charge is 0.411 e. The Morgan fingerprint density at radius 3 is 2.15 bits per heavy atom. The Bertz CT molecular complexity index is 1220. The van der Waals surface area contributed by atoms with Crippen LogP contribution in [0.2, 0.25) is 0 Å². The third kappa shape index (κ3) is 5.63. The fourth-order valence-corrected chi connectivity index (χ4v) is 5.57. The summed E-state index contributed by atoms with van der Waals surface area (Å²) in [5.74, 6) is 0. The van der Waals surface area contributed by atoms with E-state index in [1.165, 1.54) is 0 Å². The van der Waals surface area contributed by atoms with Crippen LogP contribution in [0.5, 0.6) is 0 Å². The van der Waals surface area contributed by atoms with Gasteiger partial charge in [-0.15, -0.1) is 0 Å². The zero-order valence-electron chi connectivity index (χ0n) is 22.3. The SMILES string of the molecule is CCO[C@]1(COCc2ccccc2)[C@@H](OCOC)C=C[C@H]1N1C(=O)O[C@@H](c2ccccc2)[C@H]1c1ccccc1. The summed E-state index contributed by atoms with van der Waals surface area (Å²) in [6, 6.07) is 28.9. The highest BCUT2D eigenvalue weighted by molar-refractivity contribution is 5.73. The van der Waals surface area contributed by atoms with Gasteiger partial charge in [-0.1, -0.05) is 103 Å². The van der Waals surface area contributed by atoms with Gasteiger partial charge in [0, 0.05) is 13.7 Å². The fourth-order valence-electron chi connectivity index (χ4n) is 5.57. The molecule has 204 valence electrons. The maximum absolute atomic E-state index is 13.7.